The van der Waals surface area contributed by atoms with E-state index in [1.54, 1.807) is 55.4 Å². The number of nitrogens with one attached hydrogen (secondary N) is 1. The summed E-state index contributed by atoms with van der Waals surface area (Å²) in [4.78, 5) is 16.7. The molecule has 3 aromatic rings. The maximum Gasteiger partial charge on any atom is 0.230 e. The Bertz CT molecular complexity index is 993. The van der Waals surface area contributed by atoms with Gasteiger partial charge >= 0.3 is 0 Å². The molecule has 1 unspecified atom stereocenters. The summed E-state index contributed by atoms with van der Waals surface area (Å²) in [6, 6.07) is 11.4. The molecule has 1 amide bonds. The zero-order chi connectivity index (χ0) is 20.8. The Morgan fingerprint density at radius 2 is 2.07 bits per heavy atom. The van der Waals surface area contributed by atoms with Crippen LogP contribution in [0.15, 0.2) is 60.0 Å². The van der Waals surface area contributed by atoms with Crippen molar-refractivity contribution < 1.29 is 18.7 Å². The molecule has 0 spiro atoms. The van der Waals surface area contributed by atoms with Gasteiger partial charge in [-0.2, -0.15) is 0 Å². The minimum atomic E-state index is -0.328. The monoisotopic (exact) mass is 415 g/mol. The number of amides is 1. The van der Waals surface area contributed by atoms with Gasteiger partial charge in [-0.3, -0.25) is 9.36 Å². The van der Waals surface area contributed by atoms with Gasteiger partial charge in [0.15, 0.2) is 5.16 Å². The van der Waals surface area contributed by atoms with E-state index >= 15 is 0 Å². The Hall–Kier alpha value is -3.00. The van der Waals surface area contributed by atoms with E-state index in [1.165, 1.54) is 23.9 Å². The molecule has 0 saturated carbocycles. The van der Waals surface area contributed by atoms with E-state index < -0.39 is 0 Å². The number of imidazole rings is 1. The van der Waals surface area contributed by atoms with Crippen molar-refractivity contribution in [2.24, 2.45) is 0 Å². The average Bonchev–Trinajstić information content (AvgIpc) is 3.20. The Balaban J connectivity index is 1.65. The SMILES string of the molecule is COc1ccc(OC)c(C(C)NC(=O)CSc2nccn2-c2cccc(F)c2)c1. The van der Waals surface area contributed by atoms with Gasteiger partial charge in [-0.25, -0.2) is 9.37 Å². The predicted molar refractivity (Wildman–Crippen MR) is 110 cm³/mol. The lowest BCUT2D eigenvalue weighted by atomic mass is 10.1. The Kier molecular flexibility index (Phi) is 6.77. The minimum Gasteiger partial charge on any atom is -0.497 e. The molecule has 29 heavy (non-hydrogen) atoms. The first-order valence-electron chi connectivity index (χ1n) is 8.95. The number of thioether (sulfide) groups is 1. The lowest BCUT2D eigenvalue weighted by molar-refractivity contribution is -0.119. The molecule has 2 aromatic carbocycles. The maximum atomic E-state index is 13.5. The third-order valence-electron chi connectivity index (χ3n) is 4.31. The molecule has 8 heteroatoms. The number of rotatable bonds is 8. The Morgan fingerprint density at radius 3 is 2.79 bits per heavy atom. The van der Waals surface area contributed by atoms with Crippen molar-refractivity contribution in [1.82, 2.24) is 14.9 Å². The molecule has 1 heterocycles. The number of hydrogen-bond donors (Lipinski definition) is 1. The normalized spacial score (nSPS) is 11.7. The van der Waals surface area contributed by atoms with Crippen LogP contribution in [0.2, 0.25) is 0 Å². The molecule has 3 rings (SSSR count). The highest BCUT2D eigenvalue weighted by atomic mass is 32.2. The summed E-state index contributed by atoms with van der Waals surface area (Å²) in [6.45, 7) is 1.88. The molecular weight excluding hydrogens is 393 g/mol. The highest BCUT2D eigenvalue weighted by molar-refractivity contribution is 7.99. The molecule has 0 radical (unpaired) electrons. The number of carbonyl (C=O) groups excluding carboxylic acids is 1. The molecular formula is C21H22FN3O3S. The Labute approximate surface area is 173 Å². The van der Waals surface area contributed by atoms with Gasteiger partial charge in [0.05, 0.1) is 31.7 Å². The van der Waals surface area contributed by atoms with E-state index in [4.69, 9.17) is 9.47 Å². The van der Waals surface area contributed by atoms with Crippen LogP contribution in [-0.2, 0) is 4.79 Å². The summed E-state index contributed by atoms with van der Waals surface area (Å²) in [7, 11) is 3.17. The van der Waals surface area contributed by atoms with Crippen LogP contribution in [0.3, 0.4) is 0 Å². The van der Waals surface area contributed by atoms with Crippen molar-refractivity contribution in [3.8, 4) is 17.2 Å². The zero-order valence-electron chi connectivity index (χ0n) is 16.4. The molecule has 0 aliphatic heterocycles. The van der Waals surface area contributed by atoms with E-state index in [2.05, 4.69) is 10.3 Å². The third kappa shape index (κ3) is 5.08. The lowest BCUT2D eigenvalue weighted by Crippen LogP contribution is -2.28. The van der Waals surface area contributed by atoms with Gasteiger partial charge in [-0.05, 0) is 43.3 Å². The van der Waals surface area contributed by atoms with E-state index in [0.717, 1.165) is 5.56 Å². The number of benzene rings is 2. The summed E-state index contributed by atoms with van der Waals surface area (Å²) < 4.78 is 25.9. The maximum absolute atomic E-state index is 13.5. The topological polar surface area (TPSA) is 65.4 Å². The number of halogens is 1. The molecule has 152 valence electrons. The van der Waals surface area contributed by atoms with Crippen molar-refractivity contribution in [2.75, 3.05) is 20.0 Å². The molecule has 0 aliphatic carbocycles. The highest BCUT2D eigenvalue weighted by Crippen LogP contribution is 2.29. The number of aromatic nitrogens is 2. The fourth-order valence-electron chi connectivity index (χ4n) is 2.89. The average molecular weight is 415 g/mol. The number of hydrogen-bond acceptors (Lipinski definition) is 5. The standard InChI is InChI=1S/C21H22FN3O3S/c1-14(18-12-17(27-2)7-8-19(18)28-3)24-20(26)13-29-21-23-9-10-25(21)16-6-4-5-15(22)11-16/h4-12,14H,13H2,1-3H3,(H,24,26). The fourth-order valence-corrected chi connectivity index (χ4v) is 3.67. The van der Waals surface area contributed by atoms with Gasteiger partial charge in [-0.1, -0.05) is 17.8 Å². The van der Waals surface area contributed by atoms with Crippen molar-refractivity contribution >= 4 is 17.7 Å². The molecule has 1 N–H and O–H groups in total. The predicted octanol–water partition coefficient (Wildman–Crippen LogP) is 4.00. The van der Waals surface area contributed by atoms with E-state index in [1.807, 2.05) is 13.0 Å². The van der Waals surface area contributed by atoms with Gasteiger partial charge in [0.25, 0.3) is 0 Å². The lowest BCUT2D eigenvalue weighted by Gasteiger charge is -2.18. The van der Waals surface area contributed by atoms with Gasteiger partial charge in [-0.15, -0.1) is 0 Å². The quantitative estimate of drug-likeness (QED) is 0.564. The molecule has 0 fully saturated rings. The molecule has 6 nitrogen and oxygen atoms in total. The van der Waals surface area contributed by atoms with Crippen molar-refractivity contribution in [3.05, 3.63) is 66.2 Å². The van der Waals surface area contributed by atoms with Gasteiger partial charge in [0, 0.05) is 18.0 Å². The number of carbonyl (C=O) groups is 1. The van der Waals surface area contributed by atoms with Crippen molar-refractivity contribution in [2.45, 2.75) is 18.1 Å². The second-order valence-corrected chi connectivity index (χ2v) is 7.19. The van der Waals surface area contributed by atoms with Crippen LogP contribution in [0.1, 0.15) is 18.5 Å². The van der Waals surface area contributed by atoms with Crippen LogP contribution in [0.25, 0.3) is 5.69 Å². The number of nitrogens with zero attached hydrogens (tertiary/aromatic N) is 2. The van der Waals surface area contributed by atoms with Crippen LogP contribution < -0.4 is 14.8 Å². The summed E-state index contributed by atoms with van der Waals surface area (Å²) >= 11 is 1.28. The van der Waals surface area contributed by atoms with Crippen LogP contribution >= 0.6 is 11.8 Å². The summed E-state index contributed by atoms with van der Waals surface area (Å²) in [5, 5.41) is 3.57. The largest absolute Gasteiger partial charge is 0.497 e. The molecule has 1 aromatic heterocycles. The highest BCUT2D eigenvalue weighted by Gasteiger charge is 2.16. The minimum absolute atomic E-state index is 0.152. The van der Waals surface area contributed by atoms with Gasteiger partial charge in [0.1, 0.15) is 17.3 Å². The fraction of sp³-hybridized carbons (Fsp3) is 0.238. The van der Waals surface area contributed by atoms with E-state index in [9.17, 15) is 9.18 Å². The summed E-state index contributed by atoms with van der Waals surface area (Å²) in [5.74, 6) is 1.05. The Morgan fingerprint density at radius 1 is 1.24 bits per heavy atom. The third-order valence-corrected chi connectivity index (χ3v) is 5.27. The molecule has 0 aliphatic rings. The van der Waals surface area contributed by atoms with Gasteiger partial charge < -0.3 is 14.8 Å². The zero-order valence-corrected chi connectivity index (χ0v) is 17.2. The summed E-state index contributed by atoms with van der Waals surface area (Å²) in [5.41, 5.74) is 1.48. The van der Waals surface area contributed by atoms with Crippen LogP contribution in [-0.4, -0.2) is 35.4 Å². The second kappa shape index (κ2) is 9.47. The van der Waals surface area contributed by atoms with Crippen LogP contribution in [0, 0.1) is 5.82 Å². The van der Waals surface area contributed by atoms with Crippen LogP contribution in [0.5, 0.6) is 11.5 Å². The first-order chi connectivity index (χ1) is 14.0. The van der Waals surface area contributed by atoms with Crippen molar-refractivity contribution in [3.63, 3.8) is 0 Å². The first-order valence-corrected chi connectivity index (χ1v) is 9.93. The number of methoxy groups -OCH3 is 2. The van der Waals surface area contributed by atoms with Crippen molar-refractivity contribution in [1.29, 1.82) is 0 Å². The van der Waals surface area contributed by atoms with E-state index in [-0.39, 0.29) is 23.5 Å². The van der Waals surface area contributed by atoms with Gasteiger partial charge in [0.2, 0.25) is 5.91 Å². The summed E-state index contributed by atoms with van der Waals surface area (Å²) in [6.07, 6.45) is 3.35. The number of ether oxygens (including phenoxy) is 2. The smallest absolute Gasteiger partial charge is 0.230 e. The molecule has 0 saturated heterocycles. The molecule has 1 atom stereocenters. The second-order valence-electron chi connectivity index (χ2n) is 6.25. The van der Waals surface area contributed by atoms with E-state index in [0.29, 0.717) is 22.3 Å². The first kappa shape index (κ1) is 20.7. The van der Waals surface area contributed by atoms with Crippen LogP contribution in [0.4, 0.5) is 4.39 Å². The molecule has 0 bridgehead atoms.